The smallest absolute Gasteiger partial charge is 0.338 e. The third kappa shape index (κ3) is 3.38. The molecule has 0 radical (unpaired) electrons. The van der Waals surface area contributed by atoms with Gasteiger partial charge in [-0.15, -0.1) is 0 Å². The van der Waals surface area contributed by atoms with Crippen molar-refractivity contribution in [2.75, 3.05) is 0 Å². The Kier molecular flexibility index (Phi) is 5.03. The summed E-state index contributed by atoms with van der Waals surface area (Å²) in [6.07, 6.45) is 0. The van der Waals surface area contributed by atoms with Gasteiger partial charge in [-0.1, -0.05) is 46.4 Å². The first-order valence-electron chi connectivity index (χ1n) is 8.07. The highest BCUT2D eigenvalue weighted by Gasteiger charge is 2.48. The lowest BCUT2D eigenvalue weighted by Crippen LogP contribution is -2.37. The van der Waals surface area contributed by atoms with Gasteiger partial charge in [0.05, 0.1) is 26.7 Å². The molecule has 1 aliphatic rings. The molecule has 0 saturated carbocycles. The highest BCUT2D eigenvalue weighted by molar-refractivity contribution is 6.36. The molecule has 9 heteroatoms. The van der Waals surface area contributed by atoms with E-state index in [1.165, 1.54) is 12.1 Å². The average molecular weight is 474 g/mol. The van der Waals surface area contributed by atoms with Crippen LogP contribution in [0, 0.1) is 5.82 Å². The molecular formula is C20H9Cl4FO4. The first kappa shape index (κ1) is 20.1. The van der Waals surface area contributed by atoms with Crippen molar-refractivity contribution in [2.45, 2.75) is 5.79 Å². The van der Waals surface area contributed by atoms with Gasteiger partial charge in [0.15, 0.2) is 11.5 Å². The molecule has 0 saturated heterocycles. The van der Waals surface area contributed by atoms with Crippen LogP contribution < -0.4 is 9.47 Å². The molecule has 0 amide bonds. The Balaban J connectivity index is 1.96. The van der Waals surface area contributed by atoms with E-state index in [4.69, 9.17) is 55.9 Å². The highest BCUT2D eigenvalue weighted by Crippen LogP contribution is 2.51. The number of carboxylic acids is 1. The minimum Gasteiger partial charge on any atom is -0.478 e. The molecule has 1 heterocycles. The molecule has 4 nitrogen and oxygen atoms in total. The Hall–Kier alpha value is -2.18. The van der Waals surface area contributed by atoms with E-state index in [2.05, 4.69) is 0 Å². The van der Waals surface area contributed by atoms with Crippen molar-refractivity contribution >= 4 is 52.4 Å². The van der Waals surface area contributed by atoms with Gasteiger partial charge >= 0.3 is 11.8 Å². The predicted octanol–water partition coefficient (Wildman–Crippen LogP) is 6.81. The van der Waals surface area contributed by atoms with Gasteiger partial charge in [-0.25, -0.2) is 9.18 Å². The number of hydrogen-bond donors (Lipinski definition) is 1. The zero-order valence-electron chi connectivity index (χ0n) is 14.2. The predicted molar refractivity (Wildman–Crippen MR) is 108 cm³/mol. The maximum Gasteiger partial charge on any atom is 0.338 e. The van der Waals surface area contributed by atoms with Gasteiger partial charge in [-0.3, -0.25) is 0 Å². The van der Waals surface area contributed by atoms with Crippen molar-refractivity contribution < 1.29 is 23.8 Å². The number of hydrogen-bond acceptors (Lipinski definition) is 3. The summed E-state index contributed by atoms with van der Waals surface area (Å²) in [4.78, 5) is 11.3. The van der Waals surface area contributed by atoms with Gasteiger partial charge in [0.1, 0.15) is 5.82 Å². The number of aromatic carboxylic acids is 1. The average Bonchev–Trinajstić information content (AvgIpc) is 2.99. The number of benzene rings is 3. The zero-order valence-corrected chi connectivity index (χ0v) is 17.2. The molecule has 0 bridgehead atoms. The van der Waals surface area contributed by atoms with Gasteiger partial charge in [0, 0.05) is 22.2 Å². The topological polar surface area (TPSA) is 55.8 Å². The fourth-order valence-electron chi connectivity index (χ4n) is 3.07. The van der Waals surface area contributed by atoms with Crippen LogP contribution in [-0.4, -0.2) is 11.1 Å². The number of halogens is 5. The molecule has 1 aliphatic heterocycles. The first-order chi connectivity index (χ1) is 13.7. The molecule has 148 valence electrons. The lowest BCUT2D eigenvalue weighted by atomic mass is 9.97. The molecule has 29 heavy (non-hydrogen) atoms. The molecule has 0 atom stereocenters. The third-order valence-corrected chi connectivity index (χ3v) is 5.44. The summed E-state index contributed by atoms with van der Waals surface area (Å²) in [5, 5.41) is 10.4. The maximum atomic E-state index is 14.2. The van der Waals surface area contributed by atoms with Crippen molar-refractivity contribution in [1.29, 1.82) is 0 Å². The standard InChI is InChI=1S/C20H9Cl4FO4/c21-9-1-3-12(14(23)5-9)20(13-4-2-10(22)6-15(13)24)28-17-7-11(19(26)27)16(25)8-18(17)29-20/h1-8H,(H,26,27). The second kappa shape index (κ2) is 7.26. The molecular weight excluding hydrogens is 465 g/mol. The van der Waals surface area contributed by atoms with Crippen LogP contribution in [0.1, 0.15) is 21.5 Å². The molecule has 0 spiro atoms. The van der Waals surface area contributed by atoms with E-state index in [1.807, 2.05) is 0 Å². The van der Waals surface area contributed by atoms with Crippen LogP contribution in [0.3, 0.4) is 0 Å². The second-order valence-electron chi connectivity index (χ2n) is 6.15. The van der Waals surface area contributed by atoms with E-state index >= 15 is 0 Å². The van der Waals surface area contributed by atoms with Crippen LogP contribution in [0.2, 0.25) is 20.1 Å². The van der Waals surface area contributed by atoms with Crippen molar-refractivity contribution in [3.05, 3.63) is 91.1 Å². The van der Waals surface area contributed by atoms with E-state index in [1.54, 1.807) is 24.3 Å². The lowest BCUT2D eigenvalue weighted by Gasteiger charge is -2.30. The van der Waals surface area contributed by atoms with E-state index in [0.717, 1.165) is 12.1 Å². The molecule has 0 fully saturated rings. The van der Waals surface area contributed by atoms with Crippen molar-refractivity contribution in [3.8, 4) is 11.5 Å². The van der Waals surface area contributed by atoms with E-state index in [9.17, 15) is 14.3 Å². The second-order valence-corrected chi connectivity index (χ2v) is 7.84. The molecule has 0 aromatic heterocycles. The Bertz CT molecular complexity index is 1110. The SMILES string of the molecule is O=C(O)c1cc2c(cc1F)OC(c1ccc(Cl)cc1Cl)(c1ccc(Cl)cc1Cl)O2. The third-order valence-electron chi connectivity index (χ3n) is 4.34. The summed E-state index contributed by atoms with van der Waals surface area (Å²) in [7, 11) is 0. The van der Waals surface area contributed by atoms with Crippen molar-refractivity contribution in [2.24, 2.45) is 0 Å². The molecule has 3 aromatic rings. The van der Waals surface area contributed by atoms with Gasteiger partial charge in [0.2, 0.25) is 0 Å². The minimum absolute atomic E-state index is 0.00969. The maximum absolute atomic E-state index is 14.2. The van der Waals surface area contributed by atoms with Gasteiger partial charge < -0.3 is 14.6 Å². The number of ether oxygens (including phenoxy) is 2. The molecule has 0 unspecified atom stereocenters. The number of rotatable bonds is 3. The van der Waals surface area contributed by atoms with Crippen LogP contribution in [0.4, 0.5) is 4.39 Å². The number of carboxylic acid groups (broad SMARTS) is 1. The summed E-state index contributed by atoms with van der Waals surface area (Å²) >= 11 is 24.8. The summed E-state index contributed by atoms with van der Waals surface area (Å²) in [5.74, 6) is -4.12. The van der Waals surface area contributed by atoms with Crippen molar-refractivity contribution in [1.82, 2.24) is 0 Å². The molecule has 0 aliphatic carbocycles. The summed E-state index contributed by atoms with van der Waals surface area (Å²) in [5.41, 5.74) is 0.107. The molecule has 1 N–H and O–H groups in total. The van der Waals surface area contributed by atoms with Crippen LogP contribution in [0.5, 0.6) is 11.5 Å². The summed E-state index contributed by atoms with van der Waals surface area (Å²) < 4.78 is 26.3. The molecule has 3 aromatic carbocycles. The number of carbonyl (C=O) groups is 1. The highest BCUT2D eigenvalue weighted by atomic mass is 35.5. The normalized spacial score (nSPS) is 14.1. The largest absolute Gasteiger partial charge is 0.478 e. The Morgan fingerprint density at radius 3 is 1.76 bits per heavy atom. The van der Waals surface area contributed by atoms with Crippen molar-refractivity contribution in [3.63, 3.8) is 0 Å². The van der Waals surface area contributed by atoms with Gasteiger partial charge in [-0.05, 0) is 36.4 Å². The quantitative estimate of drug-likeness (QED) is 0.453. The Morgan fingerprint density at radius 2 is 1.31 bits per heavy atom. The van der Waals surface area contributed by atoms with E-state index < -0.39 is 23.1 Å². The monoisotopic (exact) mass is 472 g/mol. The summed E-state index contributed by atoms with van der Waals surface area (Å²) in [6.45, 7) is 0. The van der Waals surface area contributed by atoms with Gasteiger partial charge in [0.25, 0.3) is 0 Å². The minimum atomic E-state index is -1.71. The van der Waals surface area contributed by atoms with Crippen LogP contribution in [0.15, 0.2) is 48.5 Å². The number of fused-ring (bicyclic) bond motifs is 1. The van der Waals surface area contributed by atoms with Crippen LogP contribution in [0.25, 0.3) is 0 Å². The van der Waals surface area contributed by atoms with Crippen LogP contribution >= 0.6 is 46.4 Å². The van der Waals surface area contributed by atoms with E-state index in [0.29, 0.717) is 21.2 Å². The van der Waals surface area contributed by atoms with Gasteiger partial charge in [-0.2, -0.15) is 0 Å². The van der Waals surface area contributed by atoms with E-state index in [-0.39, 0.29) is 21.5 Å². The Morgan fingerprint density at radius 1 is 0.828 bits per heavy atom. The first-order valence-corrected chi connectivity index (χ1v) is 9.58. The fraction of sp³-hybridized carbons (Fsp3) is 0.0500. The zero-order chi connectivity index (χ0) is 20.9. The fourth-order valence-corrected chi connectivity index (χ4v) is 4.13. The van der Waals surface area contributed by atoms with Crippen LogP contribution in [-0.2, 0) is 5.79 Å². The molecule has 4 rings (SSSR count). The lowest BCUT2D eigenvalue weighted by molar-refractivity contribution is -0.0457. The summed E-state index contributed by atoms with van der Waals surface area (Å²) in [6, 6.07) is 11.3. The Labute approximate surface area is 184 Å².